The maximum absolute atomic E-state index is 12.3. The van der Waals surface area contributed by atoms with E-state index in [9.17, 15) is 58.1 Å². The number of nitrogens with zero attached hydrogens (tertiary/aromatic N) is 4. The van der Waals surface area contributed by atoms with Gasteiger partial charge in [-0.25, -0.2) is 23.5 Å². The van der Waals surface area contributed by atoms with Crippen molar-refractivity contribution in [2.75, 3.05) is 18.9 Å². The van der Waals surface area contributed by atoms with Gasteiger partial charge in [0.2, 0.25) is 5.95 Å². The number of nitrogens with two attached hydrogens (primary N) is 1. The third kappa shape index (κ3) is 8.03. The van der Waals surface area contributed by atoms with Gasteiger partial charge in [-0.15, -0.1) is 0 Å². The molecule has 10 N–H and O–H groups in total. The molecule has 0 spiro atoms. The van der Waals surface area contributed by atoms with Crippen LogP contribution in [-0.2, 0) is 40.8 Å². The molecule has 2 fully saturated rings. The molecule has 2 saturated heterocycles. The number of fused-ring (bicyclic) bond motifs is 1. The SMILES string of the molecule is Nc1nc2c(ncn2[C@@H]2C[C@H](O)[C@@H](COP(=O)(O)OP(=O)(O)OP(=O)(O)OC[C@H]3O[C@@H](n4ccc(=O)[nH]c4=O)[C@H](O)[C@@H]3O)O2)c(=O)[nH]1. The van der Waals surface area contributed by atoms with E-state index >= 15 is 0 Å². The number of phosphoric ester groups is 2. The predicted molar refractivity (Wildman–Crippen MR) is 148 cm³/mol. The number of anilines is 1. The van der Waals surface area contributed by atoms with Crippen molar-refractivity contribution in [2.24, 2.45) is 0 Å². The summed E-state index contributed by atoms with van der Waals surface area (Å²) < 4.78 is 66.8. The topological polar surface area (TPSA) is 372 Å². The van der Waals surface area contributed by atoms with Crippen molar-refractivity contribution in [3.05, 3.63) is 49.8 Å². The Balaban J connectivity index is 1.14. The Morgan fingerprint density at radius 2 is 1.55 bits per heavy atom. The first-order valence-corrected chi connectivity index (χ1v) is 17.4. The Bertz CT molecular complexity index is 1960. The molecule has 0 aromatic carbocycles. The highest BCUT2D eigenvalue weighted by Gasteiger charge is 2.47. The lowest BCUT2D eigenvalue weighted by Gasteiger charge is -2.21. The molecule has 0 aliphatic carbocycles. The molecular formula is C19H26N7O18P3. The minimum atomic E-state index is -5.94. The van der Waals surface area contributed by atoms with E-state index in [2.05, 4.69) is 32.6 Å². The summed E-state index contributed by atoms with van der Waals surface area (Å²) in [6.07, 6.45) is -8.65. The number of aliphatic hydroxyl groups is 3. The molecule has 5 rings (SSSR count). The highest BCUT2D eigenvalue weighted by molar-refractivity contribution is 7.66. The van der Waals surface area contributed by atoms with Crippen molar-refractivity contribution < 1.29 is 70.8 Å². The lowest BCUT2D eigenvalue weighted by molar-refractivity contribution is -0.0543. The van der Waals surface area contributed by atoms with E-state index < -0.39 is 96.5 Å². The van der Waals surface area contributed by atoms with Crippen molar-refractivity contribution in [3.63, 3.8) is 0 Å². The highest BCUT2D eigenvalue weighted by atomic mass is 31.3. The Hall–Kier alpha value is -2.96. The summed E-state index contributed by atoms with van der Waals surface area (Å²) in [5, 5.41) is 30.8. The molecule has 0 bridgehead atoms. The summed E-state index contributed by atoms with van der Waals surface area (Å²) in [7, 11) is -17.2. The summed E-state index contributed by atoms with van der Waals surface area (Å²) in [6.45, 7) is -2.03. The van der Waals surface area contributed by atoms with Crippen LogP contribution in [0.2, 0.25) is 0 Å². The van der Waals surface area contributed by atoms with Crippen molar-refractivity contribution in [2.45, 2.75) is 49.4 Å². The van der Waals surface area contributed by atoms with Crippen molar-refractivity contribution >= 4 is 40.6 Å². The van der Waals surface area contributed by atoms with Crippen LogP contribution >= 0.6 is 23.5 Å². The van der Waals surface area contributed by atoms with E-state index in [0.717, 1.165) is 12.3 Å². The molecular weight excluding hydrogens is 707 g/mol. The van der Waals surface area contributed by atoms with Crippen molar-refractivity contribution in [1.29, 1.82) is 0 Å². The summed E-state index contributed by atoms with van der Waals surface area (Å²) in [5.74, 6) is -0.230. The number of nitrogen functional groups attached to an aromatic ring is 1. The second-order valence-corrected chi connectivity index (χ2v) is 14.6. The number of hydrogen-bond donors (Lipinski definition) is 9. The zero-order valence-corrected chi connectivity index (χ0v) is 25.9. The fourth-order valence-electron chi connectivity index (χ4n) is 4.57. The number of aromatic nitrogens is 6. The summed E-state index contributed by atoms with van der Waals surface area (Å²) in [4.78, 5) is 76.9. The van der Waals surface area contributed by atoms with Crippen molar-refractivity contribution in [1.82, 2.24) is 29.1 Å². The second-order valence-electron chi connectivity index (χ2n) is 9.93. The number of aromatic amines is 2. The number of ether oxygens (including phenoxy) is 2. The van der Waals surface area contributed by atoms with Crippen LogP contribution in [0.5, 0.6) is 0 Å². The maximum atomic E-state index is 12.3. The Morgan fingerprint density at radius 3 is 2.19 bits per heavy atom. The molecule has 0 saturated carbocycles. The lowest BCUT2D eigenvalue weighted by atomic mass is 10.1. The third-order valence-corrected chi connectivity index (χ3v) is 10.9. The zero-order chi connectivity index (χ0) is 34.5. The zero-order valence-electron chi connectivity index (χ0n) is 23.2. The number of phosphoric acid groups is 3. The third-order valence-electron chi connectivity index (χ3n) is 6.64. The first kappa shape index (κ1) is 35.3. The first-order valence-electron chi connectivity index (χ1n) is 12.9. The van der Waals surface area contributed by atoms with Gasteiger partial charge < -0.3 is 45.2 Å². The summed E-state index contributed by atoms with van der Waals surface area (Å²) in [6, 6.07) is 0.910. The minimum absolute atomic E-state index is 0.00412. The van der Waals surface area contributed by atoms with Crippen LogP contribution in [0.15, 0.2) is 33.0 Å². The van der Waals surface area contributed by atoms with Crippen molar-refractivity contribution in [3.8, 4) is 0 Å². The molecule has 5 heterocycles. The Labute approximate surface area is 258 Å². The van der Waals surface area contributed by atoms with Crippen LogP contribution in [0.3, 0.4) is 0 Å². The van der Waals surface area contributed by atoms with Gasteiger partial charge in [0.1, 0.15) is 30.6 Å². The smallest absolute Gasteiger partial charge is 0.390 e. The van der Waals surface area contributed by atoms with Gasteiger partial charge in [0.25, 0.3) is 11.1 Å². The molecule has 2 aliphatic rings. The summed E-state index contributed by atoms with van der Waals surface area (Å²) >= 11 is 0. The van der Waals surface area contributed by atoms with Gasteiger partial charge in [-0.2, -0.15) is 13.6 Å². The van der Waals surface area contributed by atoms with Crippen LogP contribution in [0.25, 0.3) is 11.2 Å². The molecule has 10 atom stereocenters. The average Bonchev–Trinajstić information content (AvgIpc) is 3.61. The minimum Gasteiger partial charge on any atom is -0.390 e. The molecule has 0 amide bonds. The molecule has 2 aliphatic heterocycles. The van der Waals surface area contributed by atoms with E-state index in [1.54, 1.807) is 0 Å². The molecule has 0 radical (unpaired) electrons. The standard InChI is InChI=1S/C19H26N7O18P3/c20-18-23-15-12(16(31)24-18)21-6-26(15)11-3-7(27)8(41-11)4-39-45(33,34)43-47(37,38)44-46(35,36)40-5-9-13(29)14(30)17(42-9)25-2-1-10(28)22-19(25)32/h1-2,6-9,11,13-14,17,27,29-30H,3-5H2,(H,33,34)(H,35,36)(H,37,38)(H,22,28,32)(H3,20,23,24,31)/t7-,8+,9+,11-,13+,14+,17+/m0/s1. The van der Waals surface area contributed by atoms with Gasteiger partial charge in [-0.05, 0) is 0 Å². The molecule has 47 heavy (non-hydrogen) atoms. The van der Waals surface area contributed by atoms with Crippen LogP contribution in [-0.4, -0.2) is 103 Å². The molecule has 3 unspecified atom stereocenters. The van der Waals surface area contributed by atoms with Crippen LogP contribution < -0.4 is 22.5 Å². The van der Waals surface area contributed by atoms with Gasteiger partial charge in [0.15, 0.2) is 17.4 Å². The number of nitrogens with one attached hydrogen (secondary N) is 2. The predicted octanol–water partition coefficient (Wildman–Crippen LogP) is -3.11. The monoisotopic (exact) mass is 733 g/mol. The maximum Gasteiger partial charge on any atom is 0.490 e. The van der Waals surface area contributed by atoms with E-state index in [1.165, 1.54) is 10.9 Å². The molecule has 260 valence electrons. The highest BCUT2D eigenvalue weighted by Crippen LogP contribution is 2.67. The number of aliphatic hydroxyl groups excluding tert-OH is 3. The number of H-pyrrole nitrogens is 2. The Morgan fingerprint density at radius 1 is 0.915 bits per heavy atom. The fraction of sp³-hybridized carbons (Fsp3) is 0.526. The first-order chi connectivity index (χ1) is 21.8. The Kier molecular flexibility index (Phi) is 9.89. The molecule has 28 heteroatoms. The lowest BCUT2D eigenvalue weighted by Crippen LogP contribution is -2.37. The number of hydrogen-bond acceptors (Lipinski definition) is 18. The summed E-state index contributed by atoms with van der Waals surface area (Å²) in [5.41, 5.74) is 3.02. The quantitative estimate of drug-likeness (QED) is 0.0831. The largest absolute Gasteiger partial charge is 0.490 e. The van der Waals surface area contributed by atoms with Crippen LogP contribution in [0.1, 0.15) is 18.9 Å². The molecule has 3 aromatic heterocycles. The number of rotatable bonds is 12. The fourth-order valence-corrected chi connectivity index (χ4v) is 8.09. The van der Waals surface area contributed by atoms with Gasteiger partial charge in [-0.3, -0.25) is 37.7 Å². The van der Waals surface area contributed by atoms with E-state index in [-0.39, 0.29) is 23.5 Å². The second kappa shape index (κ2) is 13.2. The van der Waals surface area contributed by atoms with E-state index in [0.29, 0.717) is 4.57 Å². The van der Waals surface area contributed by atoms with Crippen LogP contribution in [0.4, 0.5) is 5.95 Å². The molecule has 25 nitrogen and oxygen atoms in total. The molecule has 3 aromatic rings. The van der Waals surface area contributed by atoms with Gasteiger partial charge in [0, 0.05) is 18.7 Å². The van der Waals surface area contributed by atoms with Gasteiger partial charge in [-0.1, -0.05) is 0 Å². The normalized spacial score (nSPS) is 30.2. The van der Waals surface area contributed by atoms with Crippen LogP contribution in [0, 0.1) is 0 Å². The van der Waals surface area contributed by atoms with Gasteiger partial charge in [0.05, 0.1) is 25.6 Å². The van der Waals surface area contributed by atoms with E-state index in [1.807, 2.05) is 4.98 Å². The van der Waals surface area contributed by atoms with Gasteiger partial charge >= 0.3 is 29.2 Å². The average molecular weight is 733 g/mol. The van der Waals surface area contributed by atoms with E-state index in [4.69, 9.17) is 15.2 Å². The number of imidazole rings is 1.